The van der Waals surface area contributed by atoms with E-state index in [9.17, 15) is 8.78 Å². The summed E-state index contributed by atoms with van der Waals surface area (Å²) in [6, 6.07) is 4.01. The van der Waals surface area contributed by atoms with Crippen molar-refractivity contribution < 1.29 is 8.78 Å². The van der Waals surface area contributed by atoms with Gasteiger partial charge in [-0.05, 0) is 37.4 Å². The summed E-state index contributed by atoms with van der Waals surface area (Å²) in [6.07, 6.45) is 6.40. The highest BCUT2D eigenvalue weighted by Gasteiger charge is 2.13. The fraction of sp³-hybridized carbons (Fsp3) is 0.571. The Labute approximate surface area is 101 Å². The van der Waals surface area contributed by atoms with Crippen molar-refractivity contribution in [2.24, 2.45) is 5.92 Å². The Kier molecular flexibility index (Phi) is 4.49. The van der Waals surface area contributed by atoms with Crippen LogP contribution < -0.4 is 5.32 Å². The number of benzene rings is 1. The first kappa shape index (κ1) is 12.5. The van der Waals surface area contributed by atoms with E-state index in [2.05, 4.69) is 5.32 Å². The summed E-state index contributed by atoms with van der Waals surface area (Å²) in [5.41, 5.74) is 0.156. The third-order valence-electron chi connectivity index (χ3n) is 3.52. The molecular weight excluding hydrogens is 220 g/mol. The van der Waals surface area contributed by atoms with Gasteiger partial charge in [0.1, 0.15) is 11.6 Å². The van der Waals surface area contributed by atoms with Crippen molar-refractivity contribution in [3.8, 4) is 0 Å². The van der Waals surface area contributed by atoms with E-state index in [1.165, 1.54) is 50.3 Å². The largest absolute Gasteiger partial charge is 0.312 e. The molecule has 94 valence electrons. The molecule has 1 aromatic carbocycles. The quantitative estimate of drug-likeness (QED) is 0.846. The highest BCUT2D eigenvalue weighted by molar-refractivity contribution is 5.19. The molecule has 0 heterocycles. The number of nitrogens with one attached hydrogen (secondary N) is 1. The van der Waals surface area contributed by atoms with Gasteiger partial charge in [-0.1, -0.05) is 25.3 Å². The number of halogens is 2. The second-order valence-corrected chi connectivity index (χ2v) is 4.84. The van der Waals surface area contributed by atoms with E-state index < -0.39 is 11.6 Å². The molecule has 0 saturated heterocycles. The molecule has 1 fully saturated rings. The van der Waals surface area contributed by atoms with E-state index >= 15 is 0 Å². The van der Waals surface area contributed by atoms with E-state index in [1.54, 1.807) is 0 Å². The molecule has 0 amide bonds. The minimum Gasteiger partial charge on any atom is -0.312 e. The summed E-state index contributed by atoms with van der Waals surface area (Å²) in [5.74, 6) is -0.235. The highest BCUT2D eigenvalue weighted by Crippen LogP contribution is 2.23. The van der Waals surface area contributed by atoms with Gasteiger partial charge in [0.25, 0.3) is 0 Å². The lowest BCUT2D eigenvalue weighted by Gasteiger charge is -2.21. The minimum atomic E-state index is -0.457. The van der Waals surface area contributed by atoms with Gasteiger partial charge >= 0.3 is 0 Å². The monoisotopic (exact) mass is 239 g/mol. The Balaban J connectivity index is 1.81. The van der Waals surface area contributed by atoms with Gasteiger partial charge in [-0.25, -0.2) is 8.78 Å². The maximum Gasteiger partial charge on any atom is 0.130 e. The first-order valence-electron chi connectivity index (χ1n) is 6.41. The molecule has 2 rings (SSSR count). The van der Waals surface area contributed by atoms with Gasteiger partial charge < -0.3 is 5.32 Å². The van der Waals surface area contributed by atoms with Crippen LogP contribution >= 0.6 is 0 Å². The van der Waals surface area contributed by atoms with E-state index in [1.807, 2.05) is 0 Å². The second kappa shape index (κ2) is 6.10. The van der Waals surface area contributed by atoms with Crippen molar-refractivity contribution >= 4 is 0 Å². The first-order valence-corrected chi connectivity index (χ1v) is 6.41. The number of rotatable bonds is 4. The number of hydrogen-bond acceptors (Lipinski definition) is 1. The second-order valence-electron chi connectivity index (χ2n) is 4.84. The summed E-state index contributed by atoms with van der Waals surface area (Å²) in [6.45, 7) is 1.16. The summed E-state index contributed by atoms with van der Waals surface area (Å²) in [7, 11) is 0. The van der Waals surface area contributed by atoms with Gasteiger partial charge in [0, 0.05) is 12.1 Å². The van der Waals surface area contributed by atoms with Crippen LogP contribution in [-0.2, 0) is 6.54 Å². The van der Waals surface area contributed by atoms with E-state index in [0.29, 0.717) is 5.92 Å². The lowest BCUT2D eigenvalue weighted by molar-refractivity contribution is 0.340. The van der Waals surface area contributed by atoms with Crippen molar-refractivity contribution in [2.75, 3.05) is 6.54 Å². The van der Waals surface area contributed by atoms with Gasteiger partial charge in [-0.2, -0.15) is 0 Å². The van der Waals surface area contributed by atoms with Gasteiger partial charge in [0.05, 0.1) is 0 Å². The highest BCUT2D eigenvalue weighted by atomic mass is 19.1. The molecular formula is C14H19F2N. The van der Waals surface area contributed by atoms with Gasteiger partial charge in [-0.3, -0.25) is 0 Å². The van der Waals surface area contributed by atoms with Crippen molar-refractivity contribution in [3.63, 3.8) is 0 Å². The van der Waals surface area contributed by atoms with Gasteiger partial charge in [0.15, 0.2) is 0 Å². The van der Waals surface area contributed by atoms with Crippen molar-refractivity contribution in [1.82, 2.24) is 5.32 Å². The van der Waals surface area contributed by atoms with Crippen molar-refractivity contribution in [1.29, 1.82) is 0 Å². The van der Waals surface area contributed by atoms with Crippen LogP contribution in [0.4, 0.5) is 8.78 Å². The Bertz CT molecular complexity index is 339. The van der Waals surface area contributed by atoms with Crippen LogP contribution in [0.1, 0.15) is 37.7 Å². The molecule has 0 bridgehead atoms. The Morgan fingerprint density at radius 1 is 1.06 bits per heavy atom. The molecule has 3 heteroatoms. The summed E-state index contributed by atoms with van der Waals surface area (Å²) in [5, 5.41) is 3.17. The van der Waals surface area contributed by atoms with Crippen LogP contribution in [0.25, 0.3) is 0 Å². The lowest BCUT2D eigenvalue weighted by atomic mass is 9.89. The predicted molar refractivity (Wildman–Crippen MR) is 64.6 cm³/mol. The zero-order valence-corrected chi connectivity index (χ0v) is 10.0. The Morgan fingerprint density at radius 2 is 1.71 bits per heavy atom. The van der Waals surface area contributed by atoms with E-state index in [4.69, 9.17) is 0 Å². The average molecular weight is 239 g/mol. The van der Waals surface area contributed by atoms with E-state index in [0.717, 1.165) is 6.54 Å². The molecule has 1 aromatic rings. The standard InChI is InChI=1S/C14H19F2N/c15-13-7-4-8-14(16)12(13)10-17-9-11-5-2-1-3-6-11/h4,7-8,11,17H,1-3,5-6,9-10H2. The lowest BCUT2D eigenvalue weighted by Crippen LogP contribution is -2.24. The molecule has 0 atom stereocenters. The maximum atomic E-state index is 13.3. The zero-order valence-electron chi connectivity index (χ0n) is 10.0. The van der Waals surface area contributed by atoms with Crippen LogP contribution in [0.15, 0.2) is 18.2 Å². The van der Waals surface area contributed by atoms with Crippen molar-refractivity contribution in [2.45, 2.75) is 38.6 Å². The summed E-state index contributed by atoms with van der Waals surface area (Å²) >= 11 is 0. The first-order chi connectivity index (χ1) is 8.27. The van der Waals surface area contributed by atoms with Gasteiger partial charge in [0.2, 0.25) is 0 Å². The summed E-state index contributed by atoms with van der Waals surface area (Å²) in [4.78, 5) is 0. The molecule has 0 aliphatic heterocycles. The topological polar surface area (TPSA) is 12.0 Å². The fourth-order valence-electron chi connectivity index (χ4n) is 2.49. The zero-order chi connectivity index (χ0) is 12.1. The molecule has 0 aromatic heterocycles. The Hall–Kier alpha value is -0.960. The predicted octanol–water partition coefficient (Wildman–Crippen LogP) is 3.63. The van der Waals surface area contributed by atoms with Gasteiger partial charge in [-0.15, -0.1) is 0 Å². The average Bonchev–Trinajstić information content (AvgIpc) is 2.34. The van der Waals surface area contributed by atoms with Crippen LogP contribution in [-0.4, -0.2) is 6.54 Å². The molecule has 0 radical (unpaired) electrons. The molecule has 1 aliphatic carbocycles. The SMILES string of the molecule is Fc1cccc(F)c1CNCC1CCCCC1. The molecule has 0 spiro atoms. The molecule has 0 unspecified atom stereocenters. The van der Waals surface area contributed by atoms with Crippen LogP contribution in [0.2, 0.25) is 0 Å². The summed E-state index contributed by atoms with van der Waals surface area (Å²) < 4.78 is 26.7. The normalized spacial score (nSPS) is 17.3. The van der Waals surface area contributed by atoms with Crippen LogP contribution in [0, 0.1) is 17.6 Å². The molecule has 1 aliphatic rings. The van der Waals surface area contributed by atoms with Crippen molar-refractivity contribution in [3.05, 3.63) is 35.4 Å². The smallest absolute Gasteiger partial charge is 0.130 e. The third-order valence-corrected chi connectivity index (χ3v) is 3.52. The molecule has 1 saturated carbocycles. The number of hydrogen-bond donors (Lipinski definition) is 1. The van der Waals surface area contributed by atoms with Crippen LogP contribution in [0.3, 0.4) is 0 Å². The van der Waals surface area contributed by atoms with E-state index in [-0.39, 0.29) is 12.1 Å². The molecule has 1 nitrogen and oxygen atoms in total. The fourth-order valence-corrected chi connectivity index (χ4v) is 2.49. The third kappa shape index (κ3) is 3.50. The van der Waals surface area contributed by atoms with Crippen LogP contribution in [0.5, 0.6) is 0 Å². The Morgan fingerprint density at radius 3 is 2.35 bits per heavy atom. The minimum absolute atomic E-state index is 0.156. The molecule has 1 N–H and O–H groups in total. The molecule has 17 heavy (non-hydrogen) atoms. The maximum absolute atomic E-state index is 13.3.